The first-order chi connectivity index (χ1) is 14.8. The molecular formula is C22H24N6S2. The third-order valence-electron chi connectivity index (χ3n) is 5.71. The highest BCUT2D eigenvalue weighted by atomic mass is 32.1. The third kappa shape index (κ3) is 4.21. The van der Waals surface area contributed by atoms with Crippen molar-refractivity contribution in [2.75, 3.05) is 13.1 Å². The standard InChI is InChI=1S/C22H24N6S2/c29-22-27(14-10-18-5-3-4-11-23-18)15-24-28(22)16-26-12-8-17(9-13-26)21-25-19-6-1-2-7-20(19)30-21/h1-7,11,15,17H,8-10,12-14,16H2. The summed E-state index contributed by atoms with van der Waals surface area (Å²) in [6.45, 7) is 3.64. The molecule has 8 heteroatoms. The van der Waals surface area contributed by atoms with Crippen LogP contribution in [-0.4, -0.2) is 42.3 Å². The van der Waals surface area contributed by atoms with Crippen molar-refractivity contribution < 1.29 is 0 Å². The van der Waals surface area contributed by atoms with Gasteiger partial charge in [-0.25, -0.2) is 9.67 Å². The normalized spacial score (nSPS) is 15.7. The van der Waals surface area contributed by atoms with Crippen molar-refractivity contribution in [1.82, 2.24) is 29.2 Å². The van der Waals surface area contributed by atoms with Crippen LogP contribution in [0, 0.1) is 4.77 Å². The number of pyridine rings is 1. The smallest absolute Gasteiger partial charge is 0.198 e. The van der Waals surface area contributed by atoms with Gasteiger partial charge in [0.1, 0.15) is 6.33 Å². The molecule has 0 radical (unpaired) electrons. The van der Waals surface area contributed by atoms with E-state index in [1.807, 2.05) is 51.3 Å². The van der Waals surface area contributed by atoms with Crippen molar-refractivity contribution in [2.45, 2.75) is 38.4 Å². The third-order valence-corrected chi connectivity index (χ3v) is 7.36. The molecule has 30 heavy (non-hydrogen) atoms. The van der Waals surface area contributed by atoms with Crippen molar-refractivity contribution in [1.29, 1.82) is 0 Å². The van der Waals surface area contributed by atoms with E-state index in [9.17, 15) is 0 Å². The zero-order chi connectivity index (χ0) is 20.3. The summed E-state index contributed by atoms with van der Waals surface area (Å²) in [5, 5.41) is 5.81. The van der Waals surface area contributed by atoms with E-state index in [0.29, 0.717) is 5.92 Å². The molecule has 0 N–H and O–H groups in total. The Morgan fingerprint density at radius 3 is 2.70 bits per heavy atom. The van der Waals surface area contributed by atoms with Crippen LogP contribution < -0.4 is 0 Å². The molecule has 1 saturated heterocycles. The van der Waals surface area contributed by atoms with Gasteiger partial charge in [-0.05, 0) is 49.3 Å². The molecule has 154 valence electrons. The number of rotatable bonds is 6. The number of benzene rings is 1. The molecule has 0 saturated carbocycles. The first-order valence-corrected chi connectivity index (χ1v) is 11.6. The molecule has 0 amide bonds. The van der Waals surface area contributed by atoms with Gasteiger partial charge in [0.05, 0.1) is 21.9 Å². The SMILES string of the molecule is S=c1n(CCc2ccccn2)cnn1CN1CCC(c2nc3ccccc3s2)CC1. The van der Waals surface area contributed by atoms with Gasteiger partial charge in [0.15, 0.2) is 4.77 Å². The van der Waals surface area contributed by atoms with E-state index in [1.54, 1.807) is 0 Å². The van der Waals surface area contributed by atoms with Crippen LogP contribution in [-0.2, 0) is 19.6 Å². The van der Waals surface area contributed by atoms with Crippen molar-refractivity contribution >= 4 is 33.8 Å². The summed E-state index contributed by atoms with van der Waals surface area (Å²) in [4.78, 5) is 11.7. The number of likely N-dealkylation sites (tertiary alicyclic amines) is 1. The van der Waals surface area contributed by atoms with E-state index >= 15 is 0 Å². The highest BCUT2D eigenvalue weighted by Gasteiger charge is 2.23. The van der Waals surface area contributed by atoms with E-state index < -0.39 is 0 Å². The van der Waals surface area contributed by atoms with Crippen LogP contribution in [0.5, 0.6) is 0 Å². The fraction of sp³-hybridized carbons (Fsp3) is 0.364. The van der Waals surface area contributed by atoms with Crippen LogP contribution in [0.25, 0.3) is 10.2 Å². The summed E-state index contributed by atoms with van der Waals surface area (Å²) in [5.74, 6) is 0.558. The predicted octanol–water partition coefficient (Wildman–Crippen LogP) is 4.50. The number of para-hydroxylation sites is 1. The van der Waals surface area contributed by atoms with Gasteiger partial charge >= 0.3 is 0 Å². The molecule has 1 aliphatic heterocycles. The topological polar surface area (TPSA) is 51.8 Å². The van der Waals surface area contributed by atoms with E-state index in [0.717, 1.165) is 61.5 Å². The van der Waals surface area contributed by atoms with Gasteiger partial charge in [0, 0.05) is 43.9 Å². The van der Waals surface area contributed by atoms with Gasteiger partial charge in [-0.15, -0.1) is 11.3 Å². The van der Waals surface area contributed by atoms with Gasteiger partial charge in [0.25, 0.3) is 0 Å². The van der Waals surface area contributed by atoms with E-state index in [1.165, 1.54) is 9.71 Å². The monoisotopic (exact) mass is 436 g/mol. The fourth-order valence-electron chi connectivity index (χ4n) is 3.98. The molecule has 0 aliphatic carbocycles. The molecule has 5 rings (SSSR count). The minimum absolute atomic E-state index is 0.558. The molecule has 4 aromatic rings. The zero-order valence-corrected chi connectivity index (χ0v) is 18.4. The molecule has 0 bridgehead atoms. The molecule has 4 heterocycles. The number of hydrogen-bond donors (Lipinski definition) is 0. The first kappa shape index (κ1) is 19.5. The number of nitrogens with zero attached hydrogens (tertiary/aromatic N) is 6. The summed E-state index contributed by atoms with van der Waals surface area (Å²) >= 11 is 7.50. The Labute approximate surface area is 184 Å². The fourth-order valence-corrected chi connectivity index (χ4v) is 5.36. The van der Waals surface area contributed by atoms with Crippen molar-refractivity contribution in [3.8, 4) is 0 Å². The predicted molar refractivity (Wildman–Crippen MR) is 122 cm³/mol. The number of aromatic nitrogens is 5. The Bertz CT molecular complexity index is 1140. The maximum atomic E-state index is 5.65. The van der Waals surface area contributed by atoms with Crippen LogP contribution in [0.2, 0.25) is 0 Å². The number of fused-ring (bicyclic) bond motifs is 1. The second-order valence-corrected chi connectivity index (χ2v) is 9.16. The molecule has 0 unspecified atom stereocenters. The van der Waals surface area contributed by atoms with E-state index in [4.69, 9.17) is 17.2 Å². The molecule has 0 atom stereocenters. The van der Waals surface area contributed by atoms with Crippen LogP contribution in [0.3, 0.4) is 0 Å². The van der Waals surface area contributed by atoms with Crippen LogP contribution >= 0.6 is 23.6 Å². The average Bonchev–Trinajstić information content (AvgIpc) is 3.37. The number of piperidine rings is 1. The highest BCUT2D eigenvalue weighted by Crippen LogP contribution is 2.33. The second-order valence-electron chi connectivity index (χ2n) is 7.73. The molecule has 0 spiro atoms. The maximum absolute atomic E-state index is 5.65. The highest BCUT2D eigenvalue weighted by molar-refractivity contribution is 7.71. The summed E-state index contributed by atoms with van der Waals surface area (Å²) in [7, 11) is 0. The van der Waals surface area contributed by atoms with Gasteiger partial charge in [-0.3, -0.25) is 9.88 Å². The lowest BCUT2D eigenvalue weighted by atomic mass is 9.98. The summed E-state index contributed by atoms with van der Waals surface area (Å²) in [6.07, 6.45) is 6.80. The molecule has 6 nitrogen and oxygen atoms in total. The van der Waals surface area contributed by atoms with Crippen molar-refractivity contribution in [3.05, 3.63) is 70.5 Å². The summed E-state index contributed by atoms with van der Waals surface area (Å²) in [5.41, 5.74) is 2.20. The lowest BCUT2D eigenvalue weighted by Crippen LogP contribution is -2.34. The lowest BCUT2D eigenvalue weighted by molar-refractivity contribution is 0.160. The average molecular weight is 437 g/mol. The molecule has 1 fully saturated rings. The van der Waals surface area contributed by atoms with E-state index in [2.05, 4.69) is 39.2 Å². The summed E-state index contributed by atoms with van der Waals surface area (Å²) in [6, 6.07) is 14.4. The largest absolute Gasteiger partial charge is 0.306 e. The number of aryl methyl sites for hydroxylation is 2. The van der Waals surface area contributed by atoms with Crippen LogP contribution in [0.15, 0.2) is 55.0 Å². The Hall–Kier alpha value is -2.42. The van der Waals surface area contributed by atoms with Crippen LogP contribution in [0.1, 0.15) is 29.5 Å². The second kappa shape index (κ2) is 8.75. The minimum Gasteiger partial charge on any atom is -0.306 e. The number of hydrogen-bond acceptors (Lipinski definition) is 6. The first-order valence-electron chi connectivity index (χ1n) is 10.4. The molecule has 3 aromatic heterocycles. The Morgan fingerprint density at radius 2 is 1.90 bits per heavy atom. The van der Waals surface area contributed by atoms with Crippen molar-refractivity contribution in [3.63, 3.8) is 0 Å². The van der Waals surface area contributed by atoms with E-state index in [-0.39, 0.29) is 0 Å². The van der Waals surface area contributed by atoms with Gasteiger partial charge < -0.3 is 4.57 Å². The van der Waals surface area contributed by atoms with Gasteiger partial charge in [-0.2, -0.15) is 5.10 Å². The number of thiazole rings is 1. The Kier molecular flexibility index (Phi) is 5.70. The maximum Gasteiger partial charge on any atom is 0.198 e. The summed E-state index contributed by atoms with van der Waals surface area (Å²) < 4.78 is 6.04. The zero-order valence-electron chi connectivity index (χ0n) is 16.7. The molecule has 1 aliphatic rings. The Balaban J connectivity index is 1.17. The van der Waals surface area contributed by atoms with Crippen molar-refractivity contribution in [2.24, 2.45) is 0 Å². The molecule has 1 aromatic carbocycles. The Morgan fingerprint density at radius 1 is 1.07 bits per heavy atom. The quantitative estimate of drug-likeness (QED) is 0.417. The van der Waals surface area contributed by atoms with Crippen LogP contribution in [0.4, 0.5) is 0 Å². The van der Waals surface area contributed by atoms with Gasteiger partial charge in [0.2, 0.25) is 0 Å². The molecular weight excluding hydrogens is 412 g/mol. The lowest BCUT2D eigenvalue weighted by Gasteiger charge is -2.30. The van der Waals surface area contributed by atoms with Gasteiger partial charge in [-0.1, -0.05) is 18.2 Å². The minimum atomic E-state index is 0.558.